The van der Waals surface area contributed by atoms with Crippen molar-refractivity contribution in [2.24, 2.45) is 0 Å². The van der Waals surface area contributed by atoms with Crippen LogP contribution in [0.4, 0.5) is 24.5 Å². The molecule has 1 amide bonds. The lowest BCUT2D eigenvalue weighted by molar-refractivity contribution is -0.385. The largest absolute Gasteiger partial charge is 0.416 e. The summed E-state index contributed by atoms with van der Waals surface area (Å²) in [7, 11) is 0. The van der Waals surface area contributed by atoms with Crippen molar-refractivity contribution >= 4 is 63.7 Å². The van der Waals surface area contributed by atoms with Crippen molar-refractivity contribution in [2.45, 2.75) is 16.1 Å². The van der Waals surface area contributed by atoms with E-state index in [4.69, 9.17) is 46.4 Å². The van der Waals surface area contributed by atoms with Crippen LogP contribution in [0.1, 0.15) is 15.9 Å². The first-order valence-electron chi connectivity index (χ1n) is 7.55. The molecule has 6 nitrogen and oxygen atoms in total. The van der Waals surface area contributed by atoms with E-state index in [0.717, 1.165) is 18.2 Å². The third-order valence-corrected chi connectivity index (χ3v) is 4.53. The van der Waals surface area contributed by atoms with Gasteiger partial charge in [0, 0.05) is 6.07 Å². The lowest BCUT2D eigenvalue weighted by Gasteiger charge is -2.28. The van der Waals surface area contributed by atoms with Crippen LogP contribution in [0.5, 0.6) is 0 Å². The number of alkyl halides is 6. The van der Waals surface area contributed by atoms with Crippen LogP contribution in [0.25, 0.3) is 0 Å². The van der Waals surface area contributed by atoms with Crippen molar-refractivity contribution in [1.82, 2.24) is 5.32 Å². The van der Waals surface area contributed by atoms with Gasteiger partial charge in [0.1, 0.15) is 11.7 Å². The van der Waals surface area contributed by atoms with Crippen LogP contribution in [0.2, 0.25) is 5.02 Å². The van der Waals surface area contributed by atoms with Gasteiger partial charge in [-0.25, -0.2) is 0 Å². The van der Waals surface area contributed by atoms with Gasteiger partial charge in [-0.2, -0.15) is 13.2 Å². The molecule has 0 heterocycles. The van der Waals surface area contributed by atoms with Gasteiger partial charge in [-0.15, -0.1) is 0 Å². The average molecular weight is 491 g/mol. The summed E-state index contributed by atoms with van der Waals surface area (Å²) in [4.78, 5) is 22.8. The topological polar surface area (TPSA) is 84.3 Å². The number of anilines is 1. The van der Waals surface area contributed by atoms with E-state index >= 15 is 0 Å². The Kier molecular flexibility index (Phi) is 7.10. The van der Waals surface area contributed by atoms with E-state index in [1.54, 1.807) is 0 Å². The van der Waals surface area contributed by atoms with Crippen molar-refractivity contribution in [1.29, 1.82) is 0 Å². The average Bonchev–Trinajstić information content (AvgIpc) is 2.60. The molecule has 0 aliphatic heterocycles. The first kappa shape index (κ1) is 23.3. The predicted octanol–water partition coefficient (Wildman–Crippen LogP) is 5.81. The predicted molar refractivity (Wildman–Crippen MR) is 105 cm³/mol. The van der Waals surface area contributed by atoms with Crippen LogP contribution in [-0.2, 0) is 6.18 Å². The van der Waals surface area contributed by atoms with Gasteiger partial charge in [0.25, 0.3) is 11.6 Å². The molecule has 0 aliphatic carbocycles. The number of amides is 1. The zero-order chi connectivity index (χ0) is 22.0. The van der Waals surface area contributed by atoms with Gasteiger partial charge in [-0.1, -0.05) is 58.5 Å². The molecule has 156 valence electrons. The summed E-state index contributed by atoms with van der Waals surface area (Å²) in [6.45, 7) is 0. The van der Waals surface area contributed by atoms with Gasteiger partial charge in [0.2, 0.25) is 3.79 Å². The summed E-state index contributed by atoms with van der Waals surface area (Å²) >= 11 is 23.4. The van der Waals surface area contributed by atoms with Crippen LogP contribution in [0, 0.1) is 10.1 Å². The molecule has 0 bridgehead atoms. The van der Waals surface area contributed by atoms with E-state index in [-0.39, 0.29) is 16.3 Å². The van der Waals surface area contributed by atoms with E-state index in [9.17, 15) is 28.1 Å². The van der Waals surface area contributed by atoms with Gasteiger partial charge < -0.3 is 10.6 Å². The molecule has 1 atom stereocenters. The first-order chi connectivity index (χ1) is 13.3. The van der Waals surface area contributed by atoms with Gasteiger partial charge in [0.15, 0.2) is 0 Å². The standard InChI is InChI=1S/C16H10Cl4F3N3O3/c17-10-6-5-8(16(21,22)23)7-11(10)24-14(15(18,19)20)25-13(27)9-3-1-2-4-12(9)26(28)29/h1-7,14,24H,(H,25,27)/t14-/m0/s1. The molecule has 2 aromatic carbocycles. The fourth-order valence-corrected chi connectivity index (χ4v) is 2.70. The number of nitro groups is 1. The molecule has 2 rings (SSSR count). The summed E-state index contributed by atoms with van der Waals surface area (Å²) in [6, 6.07) is 7.39. The Morgan fingerprint density at radius 1 is 1.10 bits per heavy atom. The lowest BCUT2D eigenvalue weighted by atomic mass is 10.1. The molecular formula is C16H10Cl4F3N3O3. The number of nitrogens with zero attached hydrogens (tertiary/aromatic N) is 1. The summed E-state index contributed by atoms with van der Waals surface area (Å²) < 4.78 is 36.6. The van der Waals surface area contributed by atoms with Gasteiger partial charge in [-0.05, 0) is 24.3 Å². The summed E-state index contributed by atoms with van der Waals surface area (Å²) in [5.41, 5.74) is -2.16. The zero-order valence-corrected chi connectivity index (χ0v) is 17.0. The van der Waals surface area contributed by atoms with Crippen LogP contribution in [0.15, 0.2) is 42.5 Å². The van der Waals surface area contributed by atoms with E-state index in [1.165, 1.54) is 18.2 Å². The van der Waals surface area contributed by atoms with Crippen molar-refractivity contribution in [3.8, 4) is 0 Å². The van der Waals surface area contributed by atoms with Gasteiger partial charge in [0.05, 0.1) is 21.2 Å². The molecule has 0 unspecified atom stereocenters. The highest BCUT2D eigenvalue weighted by atomic mass is 35.6. The smallest absolute Gasteiger partial charge is 0.361 e. The number of benzene rings is 2. The molecule has 0 saturated heterocycles. The Morgan fingerprint density at radius 2 is 1.72 bits per heavy atom. The van der Waals surface area contributed by atoms with Crippen LogP contribution in [0.3, 0.4) is 0 Å². The molecule has 2 aromatic rings. The third-order valence-electron chi connectivity index (χ3n) is 3.54. The molecule has 0 radical (unpaired) electrons. The van der Waals surface area contributed by atoms with Crippen molar-refractivity contribution in [3.63, 3.8) is 0 Å². The lowest BCUT2D eigenvalue weighted by Crippen LogP contribution is -2.49. The van der Waals surface area contributed by atoms with Crippen molar-refractivity contribution in [3.05, 3.63) is 68.7 Å². The van der Waals surface area contributed by atoms with Crippen molar-refractivity contribution in [2.75, 3.05) is 5.32 Å². The Balaban J connectivity index is 2.35. The van der Waals surface area contributed by atoms with E-state index in [1.807, 2.05) is 0 Å². The molecule has 0 aromatic heterocycles. The Morgan fingerprint density at radius 3 is 2.28 bits per heavy atom. The molecular weight excluding hydrogens is 481 g/mol. The van der Waals surface area contributed by atoms with E-state index < -0.39 is 38.2 Å². The maximum absolute atomic E-state index is 12.9. The zero-order valence-electron chi connectivity index (χ0n) is 13.9. The number of nitro benzene ring substituents is 1. The molecule has 0 fully saturated rings. The van der Waals surface area contributed by atoms with Crippen molar-refractivity contribution < 1.29 is 22.9 Å². The molecule has 0 spiro atoms. The highest BCUT2D eigenvalue weighted by Crippen LogP contribution is 2.36. The normalized spacial score (nSPS) is 12.9. The monoisotopic (exact) mass is 489 g/mol. The van der Waals surface area contributed by atoms with Crippen LogP contribution in [-0.4, -0.2) is 20.8 Å². The SMILES string of the molecule is O=C(N[C@H](Nc1cc(C(F)(F)F)ccc1Cl)C(Cl)(Cl)Cl)c1ccccc1[N+](=O)[O-]. The minimum absolute atomic E-state index is 0.141. The highest BCUT2D eigenvalue weighted by molar-refractivity contribution is 6.68. The van der Waals surface area contributed by atoms with Crippen LogP contribution < -0.4 is 10.6 Å². The first-order valence-corrected chi connectivity index (χ1v) is 9.06. The summed E-state index contributed by atoms with van der Waals surface area (Å²) in [5, 5.41) is 15.6. The maximum atomic E-state index is 12.9. The Hall–Kier alpha value is -1.94. The van der Waals surface area contributed by atoms with E-state index in [0.29, 0.717) is 6.07 Å². The Bertz CT molecular complexity index is 936. The summed E-state index contributed by atoms with van der Waals surface area (Å²) in [6.07, 6.45) is -6.24. The second-order valence-electron chi connectivity index (χ2n) is 5.56. The summed E-state index contributed by atoms with van der Waals surface area (Å²) in [5.74, 6) is -0.996. The molecule has 0 saturated carbocycles. The number of para-hydroxylation sites is 1. The molecule has 13 heteroatoms. The minimum atomic E-state index is -4.66. The number of nitrogens with one attached hydrogen (secondary N) is 2. The van der Waals surface area contributed by atoms with Crippen LogP contribution >= 0.6 is 46.4 Å². The number of carbonyl (C=O) groups is 1. The second kappa shape index (κ2) is 8.83. The third kappa shape index (κ3) is 6.02. The number of carbonyl (C=O) groups excluding carboxylic acids is 1. The Labute approximate surface area is 182 Å². The molecule has 2 N–H and O–H groups in total. The number of rotatable bonds is 5. The number of halogens is 7. The number of hydrogen-bond acceptors (Lipinski definition) is 4. The minimum Gasteiger partial charge on any atom is -0.361 e. The quantitative estimate of drug-likeness (QED) is 0.240. The fraction of sp³-hybridized carbons (Fsp3) is 0.188. The second-order valence-corrected chi connectivity index (χ2v) is 8.34. The maximum Gasteiger partial charge on any atom is 0.416 e. The fourth-order valence-electron chi connectivity index (χ4n) is 2.20. The highest BCUT2D eigenvalue weighted by Gasteiger charge is 2.37. The number of hydrogen-bond donors (Lipinski definition) is 2. The van der Waals surface area contributed by atoms with E-state index in [2.05, 4.69) is 10.6 Å². The molecule has 0 aliphatic rings. The van der Waals surface area contributed by atoms with Gasteiger partial charge >= 0.3 is 6.18 Å². The molecule has 29 heavy (non-hydrogen) atoms. The van der Waals surface area contributed by atoms with Gasteiger partial charge in [-0.3, -0.25) is 14.9 Å².